The number of hydrogen-bond acceptors (Lipinski definition) is 2. The van der Waals surface area contributed by atoms with Crippen molar-refractivity contribution in [2.24, 2.45) is 5.92 Å². The van der Waals surface area contributed by atoms with E-state index in [1.807, 2.05) is 0 Å². The highest BCUT2D eigenvalue weighted by Crippen LogP contribution is 2.34. The van der Waals surface area contributed by atoms with Gasteiger partial charge in [-0.15, -0.1) is 0 Å². The van der Waals surface area contributed by atoms with Gasteiger partial charge in [-0.1, -0.05) is 27.2 Å². The zero-order valence-corrected chi connectivity index (χ0v) is 11.5. The molecule has 1 fully saturated rings. The molecule has 0 bridgehead atoms. The van der Waals surface area contributed by atoms with E-state index in [-0.39, 0.29) is 5.60 Å². The first kappa shape index (κ1) is 14.0. The monoisotopic (exact) mass is 227 g/mol. The molecule has 0 aromatic rings. The number of hydrogen-bond donors (Lipinski definition) is 1. The third kappa shape index (κ3) is 3.74. The van der Waals surface area contributed by atoms with Crippen LogP contribution in [0.3, 0.4) is 0 Å². The van der Waals surface area contributed by atoms with Crippen molar-refractivity contribution in [2.45, 2.75) is 71.4 Å². The van der Waals surface area contributed by atoms with Crippen molar-refractivity contribution in [1.29, 1.82) is 0 Å². The lowest BCUT2D eigenvalue weighted by atomic mass is 9.80. The largest absolute Gasteiger partial charge is 0.375 e. The first-order valence-electron chi connectivity index (χ1n) is 7.02. The molecule has 3 atom stereocenters. The molecule has 2 heteroatoms. The first-order chi connectivity index (χ1) is 7.65. The summed E-state index contributed by atoms with van der Waals surface area (Å²) in [6, 6.07) is 0.699. The predicted molar refractivity (Wildman–Crippen MR) is 69.7 cm³/mol. The average Bonchev–Trinajstić information content (AvgIpc) is 2.29. The van der Waals surface area contributed by atoms with E-state index in [0.717, 1.165) is 25.5 Å². The summed E-state index contributed by atoms with van der Waals surface area (Å²) in [5.74, 6) is 0.804. The van der Waals surface area contributed by atoms with Crippen LogP contribution in [-0.4, -0.2) is 24.8 Å². The van der Waals surface area contributed by atoms with Crippen LogP contribution in [0.25, 0.3) is 0 Å². The highest BCUT2D eigenvalue weighted by molar-refractivity contribution is 4.87. The molecule has 3 unspecified atom stereocenters. The van der Waals surface area contributed by atoms with Crippen molar-refractivity contribution in [3.63, 3.8) is 0 Å². The molecule has 1 aliphatic heterocycles. The Kier molecular flexibility index (Phi) is 5.77. The maximum Gasteiger partial charge on any atom is 0.0655 e. The fourth-order valence-corrected chi connectivity index (χ4v) is 2.84. The number of rotatable bonds is 6. The molecule has 0 amide bonds. The molecule has 0 aromatic carbocycles. The van der Waals surface area contributed by atoms with Crippen molar-refractivity contribution in [1.82, 2.24) is 5.32 Å². The fourth-order valence-electron chi connectivity index (χ4n) is 2.84. The van der Waals surface area contributed by atoms with E-state index in [4.69, 9.17) is 4.74 Å². The van der Waals surface area contributed by atoms with E-state index < -0.39 is 0 Å². The minimum Gasteiger partial charge on any atom is -0.375 e. The van der Waals surface area contributed by atoms with Crippen LogP contribution in [0, 0.1) is 5.92 Å². The third-order valence-electron chi connectivity index (χ3n) is 4.02. The Morgan fingerprint density at radius 1 is 1.38 bits per heavy atom. The summed E-state index contributed by atoms with van der Waals surface area (Å²) in [7, 11) is 0. The van der Waals surface area contributed by atoms with Crippen molar-refractivity contribution in [3.05, 3.63) is 0 Å². The number of ether oxygens (including phenoxy) is 1. The van der Waals surface area contributed by atoms with Gasteiger partial charge in [0.2, 0.25) is 0 Å². The van der Waals surface area contributed by atoms with Crippen molar-refractivity contribution in [2.75, 3.05) is 13.2 Å². The van der Waals surface area contributed by atoms with Crippen LogP contribution >= 0.6 is 0 Å². The molecule has 0 aromatic heterocycles. The third-order valence-corrected chi connectivity index (χ3v) is 4.02. The Labute approximate surface area is 101 Å². The lowest BCUT2D eigenvalue weighted by molar-refractivity contribution is -0.0928. The second-order valence-corrected chi connectivity index (χ2v) is 5.36. The molecule has 0 aliphatic carbocycles. The molecule has 1 heterocycles. The zero-order valence-electron chi connectivity index (χ0n) is 11.5. The molecular weight excluding hydrogens is 198 g/mol. The fraction of sp³-hybridized carbons (Fsp3) is 1.00. The van der Waals surface area contributed by atoms with Gasteiger partial charge in [0.1, 0.15) is 0 Å². The highest BCUT2D eigenvalue weighted by atomic mass is 16.5. The SMILES string of the molecule is CCCC(NCC)C1CCOC(C)(CC)C1. The van der Waals surface area contributed by atoms with E-state index >= 15 is 0 Å². The van der Waals surface area contributed by atoms with Gasteiger partial charge >= 0.3 is 0 Å². The molecule has 1 N–H and O–H groups in total. The molecule has 96 valence electrons. The van der Waals surface area contributed by atoms with E-state index in [9.17, 15) is 0 Å². The van der Waals surface area contributed by atoms with Gasteiger partial charge in [0.25, 0.3) is 0 Å². The van der Waals surface area contributed by atoms with Gasteiger partial charge in [-0.3, -0.25) is 0 Å². The summed E-state index contributed by atoms with van der Waals surface area (Å²) in [5, 5.41) is 3.66. The zero-order chi connectivity index (χ0) is 12.0. The van der Waals surface area contributed by atoms with Gasteiger partial charge in [-0.2, -0.15) is 0 Å². The number of nitrogens with one attached hydrogen (secondary N) is 1. The van der Waals surface area contributed by atoms with Crippen molar-refractivity contribution >= 4 is 0 Å². The van der Waals surface area contributed by atoms with E-state index in [2.05, 4.69) is 33.0 Å². The van der Waals surface area contributed by atoms with Gasteiger partial charge in [0.05, 0.1) is 5.60 Å². The minimum atomic E-state index is 0.129. The molecule has 1 aliphatic rings. The summed E-state index contributed by atoms with van der Waals surface area (Å²) in [6.07, 6.45) is 6.17. The van der Waals surface area contributed by atoms with Gasteiger partial charge in [-0.25, -0.2) is 0 Å². The van der Waals surface area contributed by atoms with Gasteiger partial charge in [0.15, 0.2) is 0 Å². The van der Waals surface area contributed by atoms with Gasteiger partial charge < -0.3 is 10.1 Å². The van der Waals surface area contributed by atoms with E-state index in [1.165, 1.54) is 25.7 Å². The maximum absolute atomic E-state index is 5.92. The predicted octanol–water partition coefficient (Wildman–Crippen LogP) is 3.36. The lowest BCUT2D eigenvalue weighted by Crippen LogP contribution is -2.45. The van der Waals surface area contributed by atoms with Gasteiger partial charge in [-0.05, 0) is 45.1 Å². The Hall–Kier alpha value is -0.0800. The van der Waals surface area contributed by atoms with Crippen LogP contribution in [0.4, 0.5) is 0 Å². The quantitative estimate of drug-likeness (QED) is 0.751. The lowest BCUT2D eigenvalue weighted by Gasteiger charge is -2.41. The van der Waals surface area contributed by atoms with Crippen LogP contribution in [-0.2, 0) is 4.74 Å². The van der Waals surface area contributed by atoms with Crippen LogP contribution in [0.2, 0.25) is 0 Å². The van der Waals surface area contributed by atoms with Crippen molar-refractivity contribution < 1.29 is 4.74 Å². The summed E-state index contributed by atoms with van der Waals surface area (Å²) >= 11 is 0. The molecule has 0 saturated carbocycles. The molecule has 1 saturated heterocycles. The van der Waals surface area contributed by atoms with Crippen molar-refractivity contribution in [3.8, 4) is 0 Å². The Balaban J connectivity index is 2.55. The van der Waals surface area contributed by atoms with Crippen LogP contribution < -0.4 is 5.32 Å². The summed E-state index contributed by atoms with van der Waals surface area (Å²) < 4.78 is 5.92. The standard InChI is InChI=1S/C14H29NO/c1-5-8-13(15-7-3)12-9-10-16-14(4,6-2)11-12/h12-13,15H,5-11H2,1-4H3. The molecule has 0 spiro atoms. The normalized spacial score (nSPS) is 32.6. The second-order valence-electron chi connectivity index (χ2n) is 5.36. The Morgan fingerprint density at radius 2 is 2.12 bits per heavy atom. The van der Waals surface area contributed by atoms with Crippen LogP contribution in [0.5, 0.6) is 0 Å². The molecule has 0 radical (unpaired) electrons. The molecular formula is C14H29NO. The topological polar surface area (TPSA) is 21.3 Å². The smallest absolute Gasteiger partial charge is 0.0655 e. The summed E-state index contributed by atoms with van der Waals surface area (Å²) in [5.41, 5.74) is 0.129. The minimum absolute atomic E-state index is 0.129. The maximum atomic E-state index is 5.92. The van der Waals surface area contributed by atoms with Crippen LogP contribution in [0.1, 0.15) is 59.8 Å². The molecule has 16 heavy (non-hydrogen) atoms. The van der Waals surface area contributed by atoms with E-state index in [1.54, 1.807) is 0 Å². The van der Waals surface area contributed by atoms with Crippen LogP contribution in [0.15, 0.2) is 0 Å². The summed E-state index contributed by atoms with van der Waals surface area (Å²) in [6.45, 7) is 11.0. The second kappa shape index (κ2) is 6.61. The highest BCUT2D eigenvalue weighted by Gasteiger charge is 2.34. The first-order valence-corrected chi connectivity index (χ1v) is 7.02. The van der Waals surface area contributed by atoms with Gasteiger partial charge in [0, 0.05) is 12.6 Å². The molecule has 2 nitrogen and oxygen atoms in total. The summed E-state index contributed by atoms with van der Waals surface area (Å²) in [4.78, 5) is 0. The average molecular weight is 227 g/mol. The Morgan fingerprint density at radius 3 is 2.69 bits per heavy atom. The Bertz CT molecular complexity index is 189. The van der Waals surface area contributed by atoms with E-state index in [0.29, 0.717) is 6.04 Å². The molecule has 1 rings (SSSR count).